The first-order valence-corrected chi connectivity index (χ1v) is 11.4. The highest BCUT2D eigenvalue weighted by Crippen LogP contribution is 2.38. The van der Waals surface area contributed by atoms with E-state index in [1.54, 1.807) is 44.8 Å². The van der Waals surface area contributed by atoms with Crippen molar-refractivity contribution in [1.82, 2.24) is 14.9 Å². The van der Waals surface area contributed by atoms with Crippen LogP contribution in [0.3, 0.4) is 0 Å². The number of aryl methyl sites for hydroxylation is 2. The molecule has 3 aromatic rings. The molecule has 0 aliphatic carbocycles. The number of ether oxygens (including phenoxy) is 3. The van der Waals surface area contributed by atoms with Gasteiger partial charge >= 0.3 is 0 Å². The van der Waals surface area contributed by atoms with Gasteiger partial charge in [-0.05, 0) is 31.5 Å². The van der Waals surface area contributed by atoms with Crippen LogP contribution < -0.4 is 19.1 Å². The Hall–Kier alpha value is -3.07. The fourth-order valence-corrected chi connectivity index (χ4v) is 4.99. The zero-order valence-electron chi connectivity index (χ0n) is 19.1. The third-order valence-electron chi connectivity index (χ3n) is 5.66. The van der Waals surface area contributed by atoms with Crippen LogP contribution in [0.25, 0.3) is 10.2 Å². The smallest absolute Gasteiger partial charge is 0.254 e. The van der Waals surface area contributed by atoms with E-state index in [2.05, 4.69) is 22.9 Å². The van der Waals surface area contributed by atoms with E-state index in [9.17, 15) is 4.79 Å². The van der Waals surface area contributed by atoms with E-state index >= 15 is 0 Å². The average molecular weight is 457 g/mol. The maximum atomic E-state index is 13.2. The highest BCUT2D eigenvalue weighted by atomic mass is 32.1. The van der Waals surface area contributed by atoms with Gasteiger partial charge in [-0.1, -0.05) is 6.92 Å². The summed E-state index contributed by atoms with van der Waals surface area (Å²) in [6.07, 6.45) is 0.983. The predicted molar refractivity (Wildman–Crippen MR) is 126 cm³/mol. The Morgan fingerprint density at radius 3 is 2.22 bits per heavy atom. The molecule has 0 saturated carbocycles. The highest BCUT2D eigenvalue weighted by molar-refractivity contribution is 7.18. The molecule has 1 saturated heterocycles. The fourth-order valence-electron chi connectivity index (χ4n) is 3.98. The minimum atomic E-state index is -0.0586. The van der Waals surface area contributed by atoms with Crippen molar-refractivity contribution in [3.05, 3.63) is 34.5 Å². The molecule has 4 rings (SSSR count). The Morgan fingerprint density at radius 2 is 1.66 bits per heavy atom. The maximum Gasteiger partial charge on any atom is 0.254 e. The van der Waals surface area contributed by atoms with Gasteiger partial charge in [-0.2, -0.15) is 0 Å². The number of hydrogen-bond acceptors (Lipinski definition) is 8. The number of carbonyl (C=O) groups excluding carboxylic acids is 1. The topological polar surface area (TPSA) is 77.0 Å². The Kier molecular flexibility index (Phi) is 6.36. The van der Waals surface area contributed by atoms with Gasteiger partial charge in [-0.3, -0.25) is 4.79 Å². The SMILES string of the molecule is CCc1cc2c(N3CCN(C(=O)c4cc(OC)c(OC)c(OC)c4)CC3)nc(C)nc2s1. The second kappa shape index (κ2) is 9.20. The van der Waals surface area contributed by atoms with Gasteiger partial charge in [0.1, 0.15) is 16.5 Å². The predicted octanol–water partition coefficient (Wildman–Crippen LogP) is 3.55. The Labute approximate surface area is 191 Å². The number of piperazine rings is 1. The first-order valence-electron chi connectivity index (χ1n) is 10.6. The van der Waals surface area contributed by atoms with Crippen LogP contribution in [0.15, 0.2) is 18.2 Å². The number of amides is 1. The Balaban J connectivity index is 1.54. The zero-order valence-corrected chi connectivity index (χ0v) is 19.9. The monoisotopic (exact) mass is 456 g/mol. The molecule has 1 aromatic carbocycles. The Bertz CT molecular complexity index is 1110. The number of carbonyl (C=O) groups is 1. The molecular weight excluding hydrogens is 428 g/mol. The number of benzene rings is 1. The van der Waals surface area contributed by atoms with Crippen molar-refractivity contribution in [1.29, 1.82) is 0 Å². The van der Waals surface area contributed by atoms with Crippen LogP contribution in [0.5, 0.6) is 17.2 Å². The summed E-state index contributed by atoms with van der Waals surface area (Å²) in [5.41, 5.74) is 0.513. The first kappa shape index (κ1) is 22.1. The standard InChI is InChI=1S/C23H28N4O4S/c1-6-16-13-17-21(24-14(2)25-22(17)32-16)26-7-9-27(10-8-26)23(28)15-11-18(29-3)20(31-5)19(12-15)30-4/h11-13H,6-10H2,1-5H3. The van der Waals surface area contributed by atoms with Crippen molar-refractivity contribution in [2.45, 2.75) is 20.3 Å². The largest absolute Gasteiger partial charge is 0.493 e. The van der Waals surface area contributed by atoms with E-state index in [1.807, 2.05) is 11.8 Å². The quantitative estimate of drug-likeness (QED) is 0.561. The van der Waals surface area contributed by atoms with Crippen LogP contribution in [0, 0.1) is 6.92 Å². The number of fused-ring (bicyclic) bond motifs is 1. The molecule has 0 atom stereocenters. The first-order chi connectivity index (χ1) is 15.5. The lowest BCUT2D eigenvalue weighted by Gasteiger charge is -2.35. The lowest BCUT2D eigenvalue weighted by Crippen LogP contribution is -2.49. The van der Waals surface area contributed by atoms with E-state index in [0.717, 1.165) is 28.3 Å². The van der Waals surface area contributed by atoms with Crippen molar-refractivity contribution in [3.8, 4) is 17.2 Å². The lowest BCUT2D eigenvalue weighted by atomic mass is 10.1. The molecule has 3 heterocycles. The third-order valence-corrected chi connectivity index (χ3v) is 6.84. The van der Waals surface area contributed by atoms with Gasteiger partial charge in [-0.25, -0.2) is 9.97 Å². The number of nitrogens with zero attached hydrogens (tertiary/aromatic N) is 4. The van der Waals surface area contributed by atoms with E-state index < -0.39 is 0 Å². The summed E-state index contributed by atoms with van der Waals surface area (Å²) in [6.45, 7) is 6.70. The van der Waals surface area contributed by atoms with Crippen molar-refractivity contribution in [2.24, 2.45) is 0 Å². The van der Waals surface area contributed by atoms with Crippen LogP contribution in [-0.2, 0) is 6.42 Å². The van der Waals surface area contributed by atoms with Gasteiger partial charge < -0.3 is 24.0 Å². The molecule has 1 fully saturated rings. The van der Waals surface area contributed by atoms with E-state index in [-0.39, 0.29) is 5.91 Å². The van der Waals surface area contributed by atoms with Gasteiger partial charge in [0.15, 0.2) is 11.5 Å². The highest BCUT2D eigenvalue weighted by Gasteiger charge is 2.26. The number of methoxy groups -OCH3 is 3. The summed E-state index contributed by atoms with van der Waals surface area (Å²) in [4.78, 5) is 29.0. The maximum absolute atomic E-state index is 13.2. The molecule has 0 unspecified atom stereocenters. The molecule has 0 radical (unpaired) electrons. The number of hydrogen-bond donors (Lipinski definition) is 0. The molecule has 0 bridgehead atoms. The summed E-state index contributed by atoms with van der Waals surface area (Å²) in [7, 11) is 4.64. The molecule has 32 heavy (non-hydrogen) atoms. The van der Waals surface area contributed by atoms with Crippen molar-refractivity contribution in [2.75, 3.05) is 52.4 Å². The molecule has 0 N–H and O–H groups in total. The molecular formula is C23H28N4O4S. The summed E-state index contributed by atoms with van der Waals surface area (Å²) in [6, 6.07) is 5.60. The fraction of sp³-hybridized carbons (Fsp3) is 0.435. The molecule has 9 heteroatoms. The van der Waals surface area contributed by atoms with Gasteiger partial charge in [0.2, 0.25) is 5.75 Å². The number of aromatic nitrogens is 2. The van der Waals surface area contributed by atoms with Gasteiger partial charge in [0.05, 0.1) is 26.7 Å². The molecule has 1 aliphatic rings. The van der Waals surface area contributed by atoms with Crippen molar-refractivity contribution >= 4 is 33.3 Å². The molecule has 2 aromatic heterocycles. The van der Waals surface area contributed by atoms with E-state index in [4.69, 9.17) is 19.2 Å². The van der Waals surface area contributed by atoms with Crippen LogP contribution in [0.2, 0.25) is 0 Å². The van der Waals surface area contributed by atoms with Crippen molar-refractivity contribution < 1.29 is 19.0 Å². The molecule has 1 amide bonds. The third kappa shape index (κ3) is 4.04. The average Bonchev–Trinajstić information content (AvgIpc) is 3.25. The van der Waals surface area contributed by atoms with Gasteiger partial charge in [-0.15, -0.1) is 11.3 Å². The number of rotatable bonds is 6. The minimum Gasteiger partial charge on any atom is -0.493 e. The molecule has 0 spiro atoms. The van der Waals surface area contributed by atoms with Gasteiger partial charge in [0, 0.05) is 36.6 Å². The normalized spacial score (nSPS) is 14.0. The zero-order chi connectivity index (χ0) is 22.8. The number of anilines is 1. The van der Waals surface area contributed by atoms with Crippen LogP contribution >= 0.6 is 11.3 Å². The van der Waals surface area contributed by atoms with E-state index in [1.165, 1.54) is 4.88 Å². The summed E-state index contributed by atoms with van der Waals surface area (Å²) in [5.74, 6) is 3.09. The van der Waals surface area contributed by atoms with Crippen LogP contribution in [-0.4, -0.2) is 68.3 Å². The van der Waals surface area contributed by atoms with Crippen LogP contribution in [0.4, 0.5) is 5.82 Å². The number of thiophene rings is 1. The van der Waals surface area contributed by atoms with Crippen molar-refractivity contribution in [3.63, 3.8) is 0 Å². The lowest BCUT2D eigenvalue weighted by molar-refractivity contribution is 0.0745. The minimum absolute atomic E-state index is 0.0586. The second-order valence-electron chi connectivity index (χ2n) is 7.57. The summed E-state index contributed by atoms with van der Waals surface area (Å²) in [5, 5.41) is 1.10. The summed E-state index contributed by atoms with van der Waals surface area (Å²) < 4.78 is 16.2. The Morgan fingerprint density at radius 1 is 1.00 bits per heavy atom. The molecule has 8 nitrogen and oxygen atoms in total. The van der Waals surface area contributed by atoms with E-state index in [0.29, 0.717) is 49.0 Å². The van der Waals surface area contributed by atoms with Gasteiger partial charge in [0.25, 0.3) is 5.91 Å². The van der Waals surface area contributed by atoms with Crippen LogP contribution in [0.1, 0.15) is 28.0 Å². The molecule has 1 aliphatic heterocycles. The second-order valence-corrected chi connectivity index (χ2v) is 8.69. The molecule has 170 valence electrons. The summed E-state index contributed by atoms with van der Waals surface area (Å²) >= 11 is 1.73.